The number of benzene rings is 2. The Morgan fingerprint density at radius 3 is 2.28 bits per heavy atom. The van der Waals surface area contributed by atoms with Gasteiger partial charge in [0.2, 0.25) is 0 Å². The summed E-state index contributed by atoms with van der Waals surface area (Å²) in [5.74, 6) is 0.377. The van der Waals surface area contributed by atoms with Gasteiger partial charge in [-0.2, -0.15) is 0 Å². The molecule has 1 aliphatic heterocycles. The summed E-state index contributed by atoms with van der Waals surface area (Å²) in [6, 6.07) is 11.2. The molecule has 2 aromatic rings. The van der Waals surface area contributed by atoms with Gasteiger partial charge >= 0.3 is 5.97 Å². The van der Waals surface area contributed by atoms with Crippen molar-refractivity contribution >= 4 is 23.5 Å². The summed E-state index contributed by atoms with van der Waals surface area (Å²) in [6.45, 7) is 11.3. The SMILES string of the molecule is CCOC(=O)COc1ccc(C(C)N2CCN(C(=O)c3ccc(Cl)cc3)CC2)c(C)c1C. The lowest BCUT2D eigenvalue weighted by Gasteiger charge is -2.38. The van der Waals surface area contributed by atoms with Crippen molar-refractivity contribution in [1.29, 1.82) is 0 Å². The van der Waals surface area contributed by atoms with E-state index in [1.165, 1.54) is 5.56 Å². The lowest BCUT2D eigenvalue weighted by Crippen LogP contribution is -2.49. The standard InChI is InChI=1S/C25H31ClN2O4/c1-5-31-24(29)16-32-23-11-10-22(17(2)18(23)3)19(4)27-12-14-28(15-13-27)25(30)20-6-8-21(26)9-7-20/h6-11,19H,5,12-16H2,1-4H3. The van der Waals surface area contributed by atoms with Gasteiger partial charge in [0, 0.05) is 42.8 Å². The van der Waals surface area contributed by atoms with Gasteiger partial charge in [-0.1, -0.05) is 17.7 Å². The van der Waals surface area contributed by atoms with E-state index in [-0.39, 0.29) is 24.5 Å². The fraction of sp³-hybridized carbons (Fsp3) is 0.440. The molecule has 0 aliphatic carbocycles. The molecule has 1 fully saturated rings. The number of carbonyl (C=O) groups is 2. The van der Waals surface area contributed by atoms with E-state index in [1.807, 2.05) is 17.9 Å². The van der Waals surface area contributed by atoms with Gasteiger partial charge in [-0.25, -0.2) is 4.79 Å². The van der Waals surface area contributed by atoms with Crippen LogP contribution in [0, 0.1) is 13.8 Å². The number of rotatable bonds is 7. The third kappa shape index (κ3) is 5.61. The highest BCUT2D eigenvalue weighted by atomic mass is 35.5. The van der Waals surface area contributed by atoms with Crippen molar-refractivity contribution in [3.8, 4) is 5.75 Å². The van der Waals surface area contributed by atoms with Crippen molar-refractivity contribution in [3.63, 3.8) is 0 Å². The van der Waals surface area contributed by atoms with Gasteiger partial charge in [-0.3, -0.25) is 9.69 Å². The van der Waals surface area contributed by atoms with Crippen LogP contribution in [0.3, 0.4) is 0 Å². The molecule has 0 spiro atoms. The molecule has 1 heterocycles. The van der Waals surface area contributed by atoms with Crippen LogP contribution < -0.4 is 4.74 Å². The number of piperazine rings is 1. The number of ether oxygens (including phenoxy) is 2. The maximum atomic E-state index is 12.8. The number of halogens is 1. The average molecular weight is 459 g/mol. The molecule has 0 aromatic heterocycles. The summed E-state index contributed by atoms with van der Waals surface area (Å²) in [7, 11) is 0. The van der Waals surface area contributed by atoms with Crippen molar-refractivity contribution < 1.29 is 19.1 Å². The number of esters is 1. The van der Waals surface area contributed by atoms with E-state index < -0.39 is 0 Å². The second-order valence-corrected chi connectivity index (χ2v) is 8.44. The van der Waals surface area contributed by atoms with Crippen molar-refractivity contribution in [3.05, 3.63) is 63.7 Å². The van der Waals surface area contributed by atoms with E-state index in [0.717, 1.165) is 24.2 Å². The second-order valence-electron chi connectivity index (χ2n) is 8.01. The highest BCUT2D eigenvalue weighted by Gasteiger charge is 2.26. The zero-order chi connectivity index (χ0) is 23.3. The molecular weight excluding hydrogens is 428 g/mol. The summed E-state index contributed by atoms with van der Waals surface area (Å²) >= 11 is 5.93. The lowest BCUT2D eigenvalue weighted by atomic mass is 9.96. The van der Waals surface area contributed by atoms with E-state index in [0.29, 0.717) is 36.0 Å². The number of nitrogens with zero attached hydrogens (tertiary/aromatic N) is 2. The summed E-state index contributed by atoms with van der Waals surface area (Å²) in [5.41, 5.74) is 4.07. The minimum Gasteiger partial charge on any atom is -0.482 e. The number of hydrogen-bond acceptors (Lipinski definition) is 5. The van der Waals surface area contributed by atoms with Gasteiger partial charge in [0.25, 0.3) is 5.91 Å². The summed E-state index contributed by atoms with van der Waals surface area (Å²) < 4.78 is 10.6. The summed E-state index contributed by atoms with van der Waals surface area (Å²) in [4.78, 5) is 28.6. The number of hydrogen-bond donors (Lipinski definition) is 0. The van der Waals surface area contributed by atoms with Crippen LogP contribution in [0.1, 0.15) is 46.9 Å². The molecule has 1 aliphatic rings. The maximum absolute atomic E-state index is 12.8. The van der Waals surface area contributed by atoms with Crippen molar-refractivity contribution in [2.75, 3.05) is 39.4 Å². The quantitative estimate of drug-likeness (QED) is 0.575. The second kappa shape index (κ2) is 10.8. The Labute approximate surface area is 195 Å². The first-order valence-corrected chi connectivity index (χ1v) is 11.4. The molecule has 1 unspecified atom stereocenters. The van der Waals surface area contributed by atoms with Crippen LogP contribution in [-0.2, 0) is 9.53 Å². The molecular formula is C25H31ClN2O4. The molecule has 1 amide bonds. The Hall–Kier alpha value is -2.57. The van der Waals surface area contributed by atoms with E-state index in [9.17, 15) is 9.59 Å². The van der Waals surface area contributed by atoms with Gasteiger partial charge < -0.3 is 14.4 Å². The molecule has 172 valence electrons. The molecule has 6 nitrogen and oxygen atoms in total. The largest absolute Gasteiger partial charge is 0.482 e. The monoisotopic (exact) mass is 458 g/mol. The van der Waals surface area contributed by atoms with E-state index >= 15 is 0 Å². The van der Waals surface area contributed by atoms with Crippen LogP contribution in [0.25, 0.3) is 0 Å². The van der Waals surface area contributed by atoms with Gasteiger partial charge in [0.05, 0.1) is 6.61 Å². The first-order valence-electron chi connectivity index (χ1n) is 11.0. The van der Waals surface area contributed by atoms with Gasteiger partial charge in [-0.15, -0.1) is 0 Å². The third-order valence-corrected chi connectivity index (χ3v) is 6.37. The minimum atomic E-state index is -0.368. The van der Waals surface area contributed by atoms with Crippen molar-refractivity contribution in [1.82, 2.24) is 9.80 Å². The lowest BCUT2D eigenvalue weighted by molar-refractivity contribution is -0.145. The zero-order valence-electron chi connectivity index (χ0n) is 19.2. The predicted octanol–water partition coefficient (Wildman–Crippen LogP) is 4.42. The smallest absolute Gasteiger partial charge is 0.344 e. The van der Waals surface area contributed by atoms with Crippen LogP contribution in [0.4, 0.5) is 0 Å². The van der Waals surface area contributed by atoms with Crippen LogP contribution in [-0.4, -0.2) is 61.1 Å². The van der Waals surface area contributed by atoms with E-state index in [4.69, 9.17) is 21.1 Å². The van der Waals surface area contributed by atoms with E-state index in [1.54, 1.807) is 31.2 Å². The Kier molecular flexibility index (Phi) is 8.15. The summed E-state index contributed by atoms with van der Waals surface area (Å²) in [6.07, 6.45) is 0. The Bertz CT molecular complexity index is 953. The highest BCUT2D eigenvalue weighted by Crippen LogP contribution is 2.31. The van der Waals surface area contributed by atoms with Crippen LogP contribution in [0.2, 0.25) is 5.02 Å². The van der Waals surface area contributed by atoms with Gasteiger partial charge in [0.15, 0.2) is 6.61 Å². The van der Waals surface area contributed by atoms with Crippen LogP contribution in [0.5, 0.6) is 5.75 Å². The Morgan fingerprint density at radius 1 is 1.00 bits per heavy atom. The highest BCUT2D eigenvalue weighted by molar-refractivity contribution is 6.30. The minimum absolute atomic E-state index is 0.0455. The molecule has 3 rings (SSSR count). The first kappa shape index (κ1) is 24.1. The van der Waals surface area contributed by atoms with Crippen molar-refractivity contribution in [2.24, 2.45) is 0 Å². The molecule has 1 saturated heterocycles. The number of amides is 1. The van der Waals surface area contributed by atoms with Crippen molar-refractivity contribution in [2.45, 2.75) is 33.7 Å². The Morgan fingerprint density at radius 2 is 1.66 bits per heavy atom. The molecule has 0 N–H and O–H groups in total. The summed E-state index contributed by atoms with van der Waals surface area (Å²) in [5, 5.41) is 0.628. The van der Waals surface area contributed by atoms with Gasteiger partial charge in [-0.05, 0) is 74.7 Å². The maximum Gasteiger partial charge on any atom is 0.344 e. The molecule has 0 bridgehead atoms. The van der Waals surface area contributed by atoms with E-state index in [2.05, 4.69) is 24.8 Å². The topological polar surface area (TPSA) is 59.1 Å². The Balaban J connectivity index is 1.61. The average Bonchev–Trinajstić information content (AvgIpc) is 2.80. The fourth-order valence-electron chi connectivity index (χ4n) is 4.05. The van der Waals surface area contributed by atoms with Crippen LogP contribution >= 0.6 is 11.6 Å². The molecule has 1 atom stereocenters. The fourth-order valence-corrected chi connectivity index (χ4v) is 4.18. The zero-order valence-corrected chi connectivity index (χ0v) is 19.9. The molecule has 32 heavy (non-hydrogen) atoms. The molecule has 0 radical (unpaired) electrons. The molecule has 2 aromatic carbocycles. The molecule has 0 saturated carbocycles. The number of carbonyl (C=O) groups excluding carboxylic acids is 2. The normalized spacial score (nSPS) is 15.3. The first-order chi connectivity index (χ1) is 15.3. The van der Waals surface area contributed by atoms with Gasteiger partial charge in [0.1, 0.15) is 5.75 Å². The molecule has 7 heteroatoms. The predicted molar refractivity (Wildman–Crippen MR) is 125 cm³/mol. The third-order valence-electron chi connectivity index (χ3n) is 6.12. The van der Waals surface area contributed by atoms with Crippen LogP contribution in [0.15, 0.2) is 36.4 Å².